The lowest BCUT2D eigenvalue weighted by atomic mass is 9.79. The number of anilines is 3. The summed E-state index contributed by atoms with van der Waals surface area (Å²) in [6.45, 7) is 0.699. The Morgan fingerprint density at radius 1 is 1.09 bits per heavy atom. The highest BCUT2D eigenvalue weighted by molar-refractivity contribution is 6.06. The number of nitrogens with zero attached hydrogens (tertiary/aromatic N) is 3. The van der Waals surface area contributed by atoms with Crippen LogP contribution in [0.15, 0.2) is 48.9 Å². The van der Waals surface area contributed by atoms with Crippen LogP contribution in [0.3, 0.4) is 0 Å². The first-order valence-corrected chi connectivity index (χ1v) is 10.9. The third-order valence-corrected chi connectivity index (χ3v) is 6.60. The summed E-state index contributed by atoms with van der Waals surface area (Å²) in [5.41, 5.74) is 3.85. The second kappa shape index (κ2) is 7.12. The fourth-order valence-electron chi connectivity index (χ4n) is 4.69. The third kappa shape index (κ3) is 3.19. The molecule has 32 heavy (non-hydrogen) atoms. The Morgan fingerprint density at radius 3 is 2.84 bits per heavy atom. The minimum absolute atomic E-state index is 0.00885. The van der Waals surface area contributed by atoms with Gasteiger partial charge >= 0.3 is 0 Å². The van der Waals surface area contributed by atoms with E-state index in [1.165, 1.54) is 19.2 Å². The molecule has 0 bridgehead atoms. The molecule has 6 rings (SSSR count). The molecule has 3 aromatic rings. The lowest BCUT2D eigenvalue weighted by Crippen LogP contribution is -2.35. The highest BCUT2D eigenvalue weighted by Crippen LogP contribution is 2.47. The zero-order chi connectivity index (χ0) is 21.7. The maximum Gasteiger partial charge on any atom is 0.270 e. The van der Waals surface area contributed by atoms with Crippen molar-refractivity contribution in [1.29, 1.82) is 0 Å². The van der Waals surface area contributed by atoms with Gasteiger partial charge in [-0.1, -0.05) is 12.1 Å². The van der Waals surface area contributed by atoms with Gasteiger partial charge in [0.15, 0.2) is 0 Å². The van der Waals surface area contributed by atoms with Crippen LogP contribution in [0.2, 0.25) is 0 Å². The van der Waals surface area contributed by atoms with Crippen LogP contribution in [-0.2, 0) is 23.1 Å². The maximum atomic E-state index is 12.9. The topological polar surface area (TPSA) is 109 Å². The van der Waals surface area contributed by atoms with Crippen LogP contribution in [0.5, 0.6) is 0 Å². The molecule has 3 heterocycles. The Bertz CT molecular complexity index is 1250. The van der Waals surface area contributed by atoms with Crippen molar-refractivity contribution in [2.75, 3.05) is 17.2 Å². The summed E-state index contributed by atoms with van der Waals surface area (Å²) in [4.78, 5) is 37.9. The third-order valence-electron chi connectivity index (χ3n) is 6.60. The molecule has 0 radical (unpaired) electrons. The van der Waals surface area contributed by atoms with E-state index in [2.05, 4.69) is 43.0 Å². The summed E-state index contributed by atoms with van der Waals surface area (Å²) in [5, 5.41) is 9.13. The molecule has 0 saturated heterocycles. The molecule has 8 nitrogen and oxygen atoms in total. The molecular weight excluding hydrogens is 404 g/mol. The number of rotatable bonds is 5. The van der Waals surface area contributed by atoms with E-state index in [-0.39, 0.29) is 11.8 Å². The molecule has 1 atom stereocenters. The molecule has 2 amide bonds. The number of carbonyl (C=O) groups excluding carboxylic acids is 2. The molecule has 2 aliphatic carbocycles. The molecule has 2 aromatic heterocycles. The molecule has 8 heteroatoms. The van der Waals surface area contributed by atoms with Crippen molar-refractivity contribution in [2.24, 2.45) is 5.92 Å². The maximum absolute atomic E-state index is 12.9. The van der Waals surface area contributed by atoms with Crippen LogP contribution in [0.1, 0.15) is 40.0 Å². The van der Waals surface area contributed by atoms with Crippen molar-refractivity contribution < 1.29 is 9.59 Å². The lowest BCUT2D eigenvalue weighted by molar-refractivity contribution is -0.120. The van der Waals surface area contributed by atoms with Gasteiger partial charge in [0.2, 0.25) is 5.91 Å². The van der Waals surface area contributed by atoms with Gasteiger partial charge in [0.05, 0.1) is 5.41 Å². The first-order valence-electron chi connectivity index (χ1n) is 10.9. The quantitative estimate of drug-likeness (QED) is 0.579. The van der Waals surface area contributed by atoms with E-state index in [1.54, 1.807) is 12.3 Å². The summed E-state index contributed by atoms with van der Waals surface area (Å²) < 4.78 is 0. The molecule has 1 saturated carbocycles. The van der Waals surface area contributed by atoms with E-state index in [0.29, 0.717) is 42.6 Å². The first kappa shape index (κ1) is 18.9. The van der Waals surface area contributed by atoms with Gasteiger partial charge < -0.3 is 16.0 Å². The van der Waals surface area contributed by atoms with Gasteiger partial charge in [-0.25, -0.2) is 15.0 Å². The largest absolute Gasteiger partial charge is 0.350 e. The average molecular weight is 426 g/mol. The Balaban J connectivity index is 1.21. The van der Waals surface area contributed by atoms with Gasteiger partial charge in [-0.3, -0.25) is 9.59 Å². The van der Waals surface area contributed by atoms with Crippen molar-refractivity contribution in [3.05, 3.63) is 71.3 Å². The summed E-state index contributed by atoms with van der Waals surface area (Å²) in [6.07, 6.45) is 6.74. The number of aromatic nitrogens is 3. The highest BCUT2D eigenvalue weighted by atomic mass is 16.2. The van der Waals surface area contributed by atoms with Crippen molar-refractivity contribution in [3.8, 4) is 0 Å². The minimum Gasteiger partial charge on any atom is -0.350 e. The first-order chi connectivity index (χ1) is 15.6. The molecule has 1 aromatic carbocycles. The number of hydrogen-bond acceptors (Lipinski definition) is 6. The summed E-state index contributed by atoms with van der Waals surface area (Å²) in [7, 11) is 0. The predicted octanol–water partition coefficient (Wildman–Crippen LogP) is 2.74. The Labute approximate surface area is 184 Å². The van der Waals surface area contributed by atoms with Crippen molar-refractivity contribution in [1.82, 2.24) is 20.3 Å². The Kier molecular flexibility index (Phi) is 4.21. The number of nitrogens with one attached hydrogen (secondary N) is 3. The van der Waals surface area contributed by atoms with E-state index >= 15 is 0 Å². The molecule has 3 N–H and O–H groups in total. The fourth-order valence-corrected chi connectivity index (χ4v) is 4.69. The van der Waals surface area contributed by atoms with Crippen LogP contribution in [0.4, 0.5) is 17.3 Å². The van der Waals surface area contributed by atoms with Crippen LogP contribution in [0.25, 0.3) is 0 Å². The van der Waals surface area contributed by atoms with E-state index in [0.717, 1.165) is 22.4 Å². The van der Waals surface area contributed by atoms with Gasteiger partial charge in [0.25, 0.3) is 5.91 Å². The van der Waals surface area contributed by atoms with Gasteiger partial charge in [-0.05, 0) is 60.9 Å². The van der Waals surface area contributed by atoms with Gasteiger partial charge in [0, 0.05) is 30.1 Å². The molecule has 1 spiro atoms. The van der Waals surface area contributed by atoms with E-state index in [9.17, 15) is 9.59 Å². The average Bonchev–Trinajstić information content (AvgIpc) is 3.50. The monoisotopic (exact) mass is 426 g/mol. The molecule has 3 aliphatic rings. The number of benzene rings is 1. The zero-order valence-corrected chi connectivity index (χ0v) is 17.4. The summed E-state index contributed by atoms with van der Waals surface area (Å²) >= 11 is 0. The van der Waals surface area contributed by atoms with Crippen LogP contribution in [0, 0.1) is 5.92 Å². The van der Waals surface area contributed by atoms with Crippen LogP contribution >= 0.6 is 0 Å². The van der Waals surface area contributed by atoms with Gasteiger partial charge in [-0.2, -0.15) is 0 Å². The molecule has 1 aliphatic heterocycles. The Morgan fingerprint density at radius 2 is 1.97 bits per heavy atom. The SMILES string of the molecule is O=C(NCC1CC1)c1cc(Nc2ccc3c(c2)CC2(C3)C(=O)Nc3ncccc32)ncn1. The highest BCUT2D eigenvalue weighted by Gasteiger charge is 2.51. The van der Waals surface area contributed by atoms with Crippen LogP contribution < -0.4 is 16.0 Å². The summed E-state index contributed by atoms with van der Waals surface area (Å²) in [6, 6.07) is 11.6. The van der Waals surface area contributed by atoms with E-state index in [1.807, 2.05) is 18.2 Å². The lowest BCUT2D eigenvalue weighted by Gasteiger charge is -2.20. The van der Waals surface area contributed by atoms with Gasteiger partial charge in [0.1, 0.15) is 23.7 Å². The smallest absolute Gasteiger partial charge is 0.270 e. The molecule has 1 fully saturated rings. The zero-order valence-electron chi connectivity index (χ0n) is 17.4. The number of fused-ring (bicyclic) bond motifs is 3. The van der Waals surface area contributed by atoms with Crippen molar-refractivity contribution in [3.63, 3.8) is 0 Å². The van der Waals surface area contributed by atoms with Gasteiger partial charge in [-0.15, -0.1) is 0 Å². The number of carbonyl (C=O) groups is 2. The number of hydrogen-bond donors (Lipinski definition) is 3. The van der Waals surface area contributed by atoms with Crippen molar-refractivity contribution in [2.45, 2.75) is 31.1 Å². The standard InChI is InChI=1S/C24H22N6O2/c31-22(26-12-14-3-4-14)19-9-20(28-13-27-19)29-17-6-5-15-10-24(11-16(15)8-17)18-2-1-7-25-21(18)30-23(24)32/h1-2,5-9,13-14H,3-4,10-12H2,(H,26,31)(H,25,30,32)(H,27,28,29). The minimum atomic E-state index is -0.591. The molecule has 1 unspecified atom stereocenters. The number of amides is 2. The Hall–Kier alpha value is -3.81. The van der Waals surface area contributed by atoms with Crippen LogP contribution in [-0.4, -0.2) is 33.3 Å². The predicted molar refractivity (Wildman–Crippen MR) is 119 cm³/mol. The summed E-state index contributed by atoms with van der Waals surface area (Å²) in [5.74, 6) is 1.65. The fraction of sp³-hybridized carbons (Fsp3) is 0.292. The van der Waals surface area contributed by atoms with E-state index in [4.69, 9.17) is 0 Å². The van der Waals surface area contributed by atoms with E-state index < -0.39 is 5.41 Å². The number of pyridine rings is 1. The normalized spacial score (nSPS) is 20.6. The second-order valence-electron chi connectivity index (χ2n) is 8.84. The second-order valence-corrected chi connectivity index (χ2v) is 8.84. The molecular formula is C24H22N6O2. The molecule has 160 valence electrons. The van der Waals surface area contributed by atoms with Crippen molar-refractivity contribution >= 4 is 29.1 Å².